The fraction of sp³-hybridized carbons (Fsp3) is 0.125. The standard InChI is InChI=1S/C24H19F2N3O3/c25-16-5-9-18(10-6-16)27-24(32)20-3-1-2-4-21(20)28-23(31)15-13-22(30)29(14-15)19-11-7-17(26)8-12-19/h1-12,15H,13-14H2,(H,27,32)(H,28,31)/t15-/m1/s1. The van der Waals surface area contributed by atoms with Gasteiger partial charge in [-0.2, -0.15) is 0 Å². The van der Waals surface area contributed by atoms with E-state index in [9.17, 15) is 23.2 Å². The smallest absolute Gasteiger partial charge is 0.257 e. The van der Waals surface area contributed by atoms with Gasteiger partial charge in [-0.3, -0.25) is 14.4 Å². The van der Waals surface area contributed by atoms with Gasteiger partial charge in [0.1, 0.15) is 11.6 Å². The third-order valence-electron chi connectivity index (χ3n) is 5.17. The van der Waals surface area contributed by atoms with Gasteiger partial charge in [0.2, 0.25) is 11.8 Å². The molecular weight excluding hydrogens is 416 g/mol. The molecule has 0 unspecified atom stereocenters. The maximum Gasteiger partial charge on any atom is 0.257 e. The average Bonchev–Trinajstić information content (AvgIpc) is 3.18. The molecule has 0 bridgehead atoms. The molecule has 1 saturated heterocycles. The Hall–Kier alpha value is -4.07. The second-order valence-corrected chi connectivity index (χ2v) is 7.38. The van der Waals surface area contributed by atoms with Gasteiger partial charge in [-0.25, -0.2) is 8.78 Å². The van der Waals surface area contributed by atoms with Gasteiger partial charge < -0.3 is 15.5 Å². The van der Waals surface area contributed by atoms with Gasteiger partial charge in [0.25, 0.3) is 5.91 Å². The van der Waals surface area contributed by atoms with E-state index in [2.05, 4.69) is 10.6 Å². The second kappa shape index (κ2) is 8.97. The summed E-state index contributed by atoms with van der Waals surface area (Å²) in [5.74, 6) is -2.56. The molecule has 0 saturated carbocycles. The van der Waals surface area contributed by atoms with Crippen molar-refractivity contribution in [1.82, 2.24) is 0 Å². The summed E-state index contributed by atoms with van der Waals surface area (Å²) in [5, 5.41) is 5.39. The molecular formula is C24H19F2N3O3. The number of para-hydroxylation sites is 1. The Morgan fingerprint density at radius 2 is 1.47 bits per heavy atom. The highest BCUT2D eigenvalue weighted by Gasteiger charge is 2.35. The van der Waals surface area contributed by atoms with E-state index in [0.717, 1.165) is 0 Å². The number of nitrogens with zero attached hydrogens (tertiary/aromatic N) is 1. The third-order valence-corrected chi connectivity index (χ3v) is 5.17. The molecule has 0 radical (unpaired) electrons. The van der Waals surface area contributed by atoms with Crippen LogP contribution in [0.3, 0.4) is 0 Å². The van der Waals surface area contributed by atoms with Crippen LogP contribution in [0.5, 0.6) is 0 Å². The van der Waals surface area contributed by atoms with E-state index in [0.29, 0.717) is 17.1 Å². The van der Waals surface area contributed by atoms with Crippen LogP contribution >= 0.6 is 0 Å². The summed E-state index contributed by atoms with van der Waals surface area (Å²) in [6.45, 7) is 0.153. The maximum absolute atomic E-state index is 13.2. The number of nitrogens with one attached hydrogen (secondary N) is 2. The van der Waals surface area contributed by atoms with E-state index in [4.69, 9.17) is 0 Å². The zero-order valence-corrected chi connectivity index (χ0v) is 16.8. The Kier molecular flexibility index (Phi) is 5.93. The van der Waals surface area contributed by atoms with Crippen molar-refractivity contribution in [2.75, 3.05) is 22.1 Å². The Balaban J connectivity index is 1.46. The van der Waals surface area contributed by atoms with Crippen LogP contribution in [0.15, 0.2) is 72.8 Å². The second-order valence-electron chi connectivity index (χ2n) is 7.38. The van der Waals surface area contributed by atoms with Crippen LogP contribution in [-0.2, 0) is 9.59 Å². The molecule has 1 aliphatic heterocycles. The highest BCUT2D eigenvalue weighted by atomic mass is 19.1. The number of hydrogen-bond donors (Lipinski definition) is 2. The number of halogens is 2. The van der Waals surface area contributed by atoms with Gasteiger partial charge in [-0.15, -0.1) is 0 Å². The lowest BCUT2D eigenvalue weighted by Gasteiger charge is -2.17. The number of carbonyl (C=O) groups excluding carboxylic acids is 3. The van der Waals surface area contributed by atoms with E-state index >= 15 is 0 Å². The van der Waals surface area contributed by atoms with E-state index in [1.807, 2.05) is 0 Å². The van der Waals surface area contributed by atoms with Gasteiger partial charge in [0.05, 0.1) is 17.2 Å². The zero-order valence-electron chi connectivity index (χ0n) is 16.8. The van der Waals surface area contributed by atoms with Crippen LogP contribution in [0.1, 0.15) is 16.8 Å². The molecule has 162 valence electrons. The van der Waals surface area contributed by atoms with Gasteiger partial charge in [-0.1, -0.05) is 12.1 Å². The first-order chi connectivity index (χ1) is 15.4. The van der Waals surface area contributed by atoms with Crippen molar-refractivity contribution < 1.29 is 23.2 Å². The summed E-state index contributed by atoms with van der Waals surface area (Å²) in [6.07, 6.45) is 0.00710. The summed E-state index contributed by atoms with van der Waals surface area (Å²) in [4.78, 5) is 39.4. The van der Waals surface area contributed by atoms with Crippen molar-refractivity contribution >= 4 is 34.8 Å². The molecule has 6 nitrogen and oxygen atoms in total. The van der Waals surface area contributed by atoms with Crippen LogP contribution in [-0.4, -0.2) is 24.3 Å². The fourth-order valence-electron chi connectivity index (χ4n) is 3.51. The molecule has 4 rings (SSSR count). The van der Waals surface area contributed by atoms with Crippen molar-refractivity contribution in [2.45, 2.75) is 6.42 Å². The molecule has 3 aromatic carbocycles. The zero-order chi connectivity index (χ0) is 22.7. The molecule has 0 aliphatic carbocycles. The molecule has 32 heavy (non-hydrogen) atoms. The highest BCUT2D eigenvalue weighted by molar-refractivity contribution is 6.11. The Morgan fingerprint density at radius 3 is 2.16 bits per heavy atom. The summed E-state index contributed by atoms with van der Waals surface area (Å²) in [5.41, 5.74) is 1.45. The molecule has 2 N–H and O–H groups in total. The van der Waals surface area contributed by atoms with Crippen LogP contribution in [0, 0.1) is 17.6 Å². The van der Waals surface area contributed by atoms with Gasteiger partial charge >= 0.3 is 0 Å². The van der Waals surface area contributed by atoms with Crippen molar-refractivity contribution in [1.29, 1.82) is 0 Å². The summed E-state index contributed by atoms with van der Waals surface area (Å²) in [7, 11) is 0. The van der Waals surface area contributed by atoms with Crippen LogP contribution < -0.4 is 15.5 Å². The normalized spacial score (nSPS) is 15.5. The molecule has 8 heteroatoms. The molecule has 0 aromatic heterocycles. The molecule has 0 spiro atoms. The minimum atomic E-state index is -0.624. The number of anilines is 3. The predicted molar refractivity (Wildman–Crippen MR) is 116 cm³/mol. The molecule has 1 fully saturated rings. The first kappa shape index (κ1) is 21.2. The number of carbonyl (C=O) groups is 3. The van der Waals surface area contributed by atoms with Crippen molar-refractivity contribution in [2.24, 2.45) is 5.92 Å². The topological polar surface area (TPSA) is 78.5 Å². The number of rotatable bonds is 5. The molecule has 1 aliphatic rings. The monoisotopic (exact) mass is 435 g/mol. The minimum absolute atomic E-state index is 0.00710. The molecule has 3 amide bonds. The third kappa shape index (κ3) is 4.64. The van der Waals surface area contributed by atoms with E-state index < -0.39 is 29.4 Å². The largest absolute Gasteiger partial charge is 0.325 e. The van der Waals surface area contributed by atoms with E-state index in [-0.39, 0.29) is 24.4 Å². The molecule has 1 heterocycles. The van der Waals surface area contributed by atoms with Crippen LogP contribution in [0.25, 0.3) is 0 Å². The SMILES string of the molecule is O=C(Nc1ccc(F)cc1)c1ccccc1NC(=O)[C@@H]1CC(=O)N(c2ccc(F)cc2)C1. The predicted octanol–water partition coefficient (Wildman–Crippen LogP) is 4.21. The van der Waals surface area contributed by atoms with Gasteiger partial charge in [-0.05, 0) is 60.7 Å². The van der Waals surface area contributed by atoms with Gasteiger partial charge in [0.15, 0.2) is 0 Å². The lowest BCUT2D eigenvalue weighted by Crippen LogP contribution is -2.28. The van der Waals surface area contributed by atoms with E-state index in [1.54, 1.807) is 24.3 Å². The lowest BCUT2D eigenvalue weighted by molar-refractivity contribution is -0.122. The van der Waals surface area contributed by atoms with Crippen molar-refractivity contribution in [3.8, 4) is 0 Å². The molecule has 1 atom stereocenters. The number of hydrogen-bond acceptors (Lipinski definition) is 3. The average molecular weight is 435 g/mol. The number of benzene rings is 3. The highest BCUT2D eigenvalue weighted by Crippen LogP contribution is 2.27. The fourth-order valence-corrected chi connectivity index (χ4v) is 3.51. The van der Waals surface area contributed by atoms with Crippen molar-refractivity contribution in [3.05, 3.63) is 90.0 Å². The van der Waals surface area contributed by atoms with E-state index in [1.165, 1.54) is 53.4 Å². The van der Waals surface area contributed by atoms with Crippen molar-refractivity contribution in [3.63, 3.8) is 0 Å². The first-order valence-electron chi connectivity index (χ1n) is 9.93. The Morgan fingerprint density at radius 1 is 0.844 bits per heavy atom. The Labute approximate surface area is 182 Å². The summed E-state index contributed by atoms with van der Waals surface area (Å²) in [6, 6.07) is 17.3. The Bertz CT molecular complexity index is 1160. The summed E-state index contributed by atoms with van der Waals surface area (Å²) >= 11 is 0. The maximum atomic E-state index is 13.2. The lowest BCUT2D eigenvalue weighted by atomic mass is 10.1. The summed E-state index contributed by atoms with van der Waals surface area (Å²) < 4.78 is 26.2. The quantitative estimate of drug-likeness (QED) is 0.630. The van der Waals surface area contributed by atoms with Crippen LogP contribution in [0.4, 0.5) is 25.8 Å². The first-order valence-corrected chi connectivity index (χ1v) is 9.93. The molecule has 3 aromatic rings. The van der Waals surface area contributed by atoms with Crippen LogP contribution in [0.2, 0.25) is 0 Å². The minimum Gasteiger partial charge on any atom is -0.325 e. The number of amides is 3. The van der Waals surface area contributed by atoms with Gasteiger partial charge in [0, 0.05) is 24.3 Å².